The van der Waals surface area contributed by atoms with Crippen LogP contribution >= 0.6 is 15.9 Å². The summed E-state index contributed by atoms with van der Waals surface area (Å²) in [6.45, 7) is 0. The zero-order valence-corrected chi connectivity index (χ0v) is 8.78. The van der Waals surface area contributed by atoms with Gasteiger partial charge in [-0.3, -0.25) is 0 Å². The summed E-state index contributed by atoms with van der Waals surface area (Å²) in [4.78, 5) is 4.13. The molecule has 68 valence electrons. The van der Waals surface area contributed by atoms with Crippen molar-refractivity contribution in [3.05, 3.63) is 40.8 Å². The standard InChI is InChI=1S/C9H9BrN2O/c1-12-6-11-9(10)8(12)5-7-3-2-4-13-7/h2-4,6H,5H2,1H3. The predicted octanol–water partition coefficient (Wildman–Crippen LogP) is 2.37. The summed E-state index contributed by atoms with van der Waals surface area (Å²) in [5.41, 5.74) is 1.12. The van der Waals surface area contributed by atoms with Crippen LogP contribution in [0.2, 0.25) is 0 Å². The van der Waals surface area contributed by atoms with E-state index in [0.717, 1.165) is 22.5 Å². The van der Waals surface area contributed by atoms with E-state index in [4.69, 9.17) is 4.42 Å². The lowest BCUT2D eigenvalue weighted by molar-refractivity contribution is 0.516. The second-order valence-corrected chi connectivity index (χ2v) is 3.60. The molecule has 0 atom stereocenters. The molecule has 0 aliphatic heterocycles. The number of halogens is 1. The van der Waals surface area contributed by atoms with Gasteiger partial charge in [0.05, 0.1) is 18.3 Å². The topological polar surface area (TPSA) is 31.0 Å². The van der Waals surface area contributed by atoms with Gasteiger partial charge in [0.2, 0.25) is 0 Å². The summed E-state index contributed by atoms with van der Waals surface area (Å²) in [5, 5.41) is 0. The number of aryl methyl sites for hydroxylation is 1. The first-order valence-corrected chi connectivity index (χ1v) is 4.75. The van der Waals surface area contributed by atoms with Gasteiger partial charge in [-0.25, -0.2) is 4.98 Å². The molecule has 3 nitrogen and oxygen atoms in total. The second-order valence-electron chi connectivity index (χ2n) is 2.85. The van der Waals surface area contributed by atoms with Gasteiger partial charge in [0.25, 0.3) is 0 Å². The fourth-order valence-electron chi connectivity index (χ4n) is 1.20. The van der Waals surface area contributed by atoms with Gasteiger partial charge in [-0.05, 0) is 28.1 Å². The van der Waals surface area contributed by atoms with Crippen LogP contribution in [0.5, 0.6) is 0 Å². The predicted molar refractivity (Wildman–Crippen MR) is 52.4 cm³/mol. The highest BCUT2D eigenvalue weighted by Gasteiger charge is 2.07. The van der Waals surface area contributed by atoms with Crippen LogP contribution in [0.15, 0.2) is 33.7 Å². The summed E-state index contributed by atoms with van der Waals surface area (Å²) in [5.74, 6) is 0.948. The van der Waals surface area contributed by atoms with Crippen LogP contribution in [0.3, 0.4) is 0 Å². The summed E-state index contributed by atoms with van der Waals surface area (Å²) in [6, 6.07) is 3.85. The van der Waals surface area contributed by atoms with E-state index in [-0.39, 0.29) is 0 Å². The molecular weight excluding hydrogens is 232 g/mol. The van der Waals surface area contributed by atoms with Crippen molar-refractivity contribution in [3.63, 3.8) is 0 Å². The first kappa shape index (κ1) is 8.56. The number of rotatable bonds is 2. The van der Waals surface area contributed by atoms with E-state index < -0.39 is 0 Å². The molecule has 0 aliphatic carbocycles. The van der Waals surface area contributed by atoms with Crippen molar-refractivity contribution in [1.82, 2.24) is 9.55 Å². The molecule has 0 fully saturated rings. The van der Waals surface area contributed by atoms with Crippen LogP contribution in [0, 0.1) is 0 Å². The molecule has 2 rings (SSSR count). The van der Waals surface area contributed by atoms with Gasteiger partial charge in [0, 0.05) is 13.5 Å². The molecule has 0 aromatic carbocycles. The van der Waals surface area contributed by atoms with Crippen LogP contribution in [-0.2, 0) is 13.5 Å². The maximum absolute atomic E-state index is 5.25. The van der Waals surface area contributed by atoms with Crippen molar-refractivity contribution in [2.24, 2.45) is 7.05 Å². The molecule has 2 heterocycles. The largest absolute Gasteiger partial charge is 0.469 e. The van der Waals surface area contributed by atoms with E-state index in [9.17, 15) is 0 Å². The summed E-state index contributed by atoms with van der Waals surface area (Å²) < 4.78 is 8.11. The van der Waals surface area contributed by atoms with Crippen molar-refractivity contribution < 1.29 is 4.42 Å². The molecule has 0 N–H and O–H groups in total. The Bertz CT molecular complexity index is 372. The van der Waals surface area contributed by atoms with E-state index in [1.807, 2.05) is 23.7 Å². The number of hydrogen-bond donors (Lipinski definition) is 0. The average Bonchev–Trinajstić information content (AvgIpc) is 2.70. The third kappa shape index (κ3) is 1.67. The molecule has 0 amide bonds. The van der Waals surface area contributed by atoms with Gasteiger partial charge in [0.1, 0.15) is 10.4 Å². The van der Waals surface area contributed by atoms with Gasteiger partial charge < -0.3 is 8.98 Å². The van der Waals surface area contributed by atoms with Crippen molar-refractivity contribution in [2.45, 2.75) is 6.42 Å². The van der Waals surface area contributed by atoms with Crippen LogP contribution in [-0.4, -0.2) is 9.55 Å². The Hall–Kier alpha value is -1.03. The smallest absolute Gasteiger partial charge is 0.127 e. The SMILES string of the molecule is Cn1cnc(Br)c1Cc1ccco1. The second kappa shape index (κ2) is 3.38. The third-order valence-electron chi connectivity index (χ3n) is 1.93. The molecule has 0 bridgehead atoms. The molecular formula is C9H9BrN2O. The molecule has 0 saturated heterocycles. The molecule has 13 heavy (non-hydrogen) atoms. The van der Waals surface area contributed by atoms with Crippen LogP contribution < -0.4 is 0 Å². The Morgan fingerprint density at radius 2 is 2.46 bits per heavy atom. The molecule has 2 aromatic rings. The van der Waals surface area contributed by atoms with Crippen molar-refractivity contribution in [2.75, 3.05) is 0 Å². The molecule has 0 saturated carbocycles. The molecule has 0 spiro atoms. The van der Waals surface area contributed by atoms with Gasteiger partial charge in [-0.15, -0.1) is 0 Å². The number of furan rings is 1. The normalized spacial score (nSPS) is 10.6. The van der Waals surface area contributed by atoms with Crippen LogP contribution in [0.25, 0.3) is 0 Å². The average molecular weight is 241 g/mol. The van der Waals surface area contributed by atoms with E-state index >= 15 is 0 Å². The van der Waals surface area contributed by atoms with E-state index in [0.29, 0.717) is 0 Å². The lowest BCUT2D eigenvalue weighted by Gasteiger charge is -1.99. The number of imidazole rings is 1. The number of nitrogens with zero attached hydrogens (tertiary/aromatic N) is 2. The van der Waals surface area contributed by atoms with Crippen LogP contribution in [0.1, 0.15) is 11.5 Å². The lowest BCUT2D eigenvalue weighted by atomic mass is 10.3. The molecule has 4 heteroatoms. The molecule has 0 aliphatic rings. The first-order valence-electron chi connectivity index (χ1n) is 3.95. The zero-order valence-electron chi connectivity index (χ0n) is 7.20. The molecule has 2 aromatic heterocycles. The molecule has 0 radical (unpaired) electrons. The maximum atomic E-state index is 5.25. The van der Waals surface area contributed by atoms with Crippen LogP contribution in [0.4, 0.5) is 0 Å². The van der Waals surface area contributed by atoms with Crippen molar-refractivity contribution in [1.29, 1.82) is 0 Å². The summed E-state index contributed by atoms with van der Waals surface area (Å²) >= 11 is 3.39. The van der Waals surface area contributed by atoms with Crippen molar-refractivity contribution in [3.8, 4) is 0 Å². The Morgan fingerprint density at radius 3 is 3.00 bits per heavy atom. The summed E-state index contributed by atoms with van der Waals surface area (Å²) in [6.07, 6.45) is 4.23. The van der Waals surface area contributed by atoms with Gasteiger partial charge in [-0.2, -0.15) is 0 Å². The monoisotopic (exact) mass is 240 g/mol. The first-order chi connectivity index (χ1) is 6.27. The number of hydrogen-bond acceptors (Lipinski definition) is 2. The molecule has 0 unspecified atom stereocenters. The zero-order chi connectivity index (χ0) is 9.26. The Labute approximate surface area is 84.5 Å². The van der Waals surface area contributed by atoms with Gasteiger partial charge >= 0.3 is 0 Å². The van der Waals surface area contributed by atoms with Gasteiger partial charge in [0.15, 0.2) is 0 Å². The Balaban J connectivity index is 2.27. The quantitative estimate of drug-likeness (QED) is 0.808. The van der Waals surface area contributed by atoms with E-state index in [1.54, 1.807) is 12.6 Å². The highest BCUT2D eigenvalue weighted by atomic mass is 79.9. The van der Waals surface area contributed by atoms with Gasteiger partial charge in [-0.1, -0.05) is 0 Å². The Morgan fingerprint density at radius 1 is 1.62 bits per heavy atom. The Kier molecular flexibility index (Phi) is 2.22. The minimum atomic E-state index is 0.768. The van der Waals surface area contributed by atoms with Crippen molar-refractivity contribution >= 4 is 15.9 Å². The lowest BCUT2D eigenvalue weighted by Crippen LogP contribution is -1.95. The third-order valence-corrected chi connectivity index (χ3v) is 2.59. The fourth-order valence-corrected chi connectivity index (χ4v) is 1.71. The maximum Gasteiger partial charge on any atom is 0.127 e. The highest BCUT2D eigenvalue weighted by Crippen LogP contribution is 2.17. The minimum absolute atomic E-state index is 0.768. The van der Waals surface area contributed by atoms with E-state index in [1.165, 1.54) is 0 Å². The number of aromatic nitrogens is 2. The minimum Gasteiger partial charge on any atom is -0.469 e. The highest BCUT2D eigenvalue weighted by molar-refractivity contribution is 9.10. The van der Waals surface area contributed by atoms with E-state index in [2.05, 4.69) is 20.9 Å². The fraction of sp³-hybridized carbons (Fsp3) is 0.222. The summed E-state index contributed by atoms with van der Waals surface area (Å²) in [7, 11) is 1.97.